The van der Waals surface area contributed by atoms with E-state index in [-0.39, 0.29) is 45.4 Å². The second kappa shape index (κ2) is 8.37. The van der Waals surface area contributed by atoms with Crippen LogP contribution in [0.15, 0.2) is 22.0 Å². The van der Waals surface area contributed by atoms with Crippen LogP contribution >= 0.6 is 23.4 Å². The molecule has 12 heteroatoms. The third kappa shape index (κ3) is 3.92. The topological polar surface area (TPSA) is 101 Å². The first kappa shape index (κ1) is 21.1. The van der Waals surface area contributed by atoms with Crippen molar-refractivity contribution < 1.29 is 18.7 Å². The Balaban J connectivity index is 2.22. The maximum Gasteiger partial charge on any atom is 0.373 e. The van der Waals surface area contributed by atoms with Gasteiger partial charge in [0.25, 0.3) is 0 Å². The molecule has 0 aliphatic heterocycles. The summed E-state index contributed by atoms with van der Waals surface area (Å²) in [7, 11) is 0. The SMILES string of the molecule is CCOC(=O)c1c(SC)nn2c(=O)n(-c3cc(OC(C)C)c(Cl)cc3F)nnc12. The maximum atomic E-state index is 14.5. The zero-order chi connectivity index (χ0) is 21.3. The van der Waals surface area contributed by atoms with Gasteiger partial charge in [0, 0.05) is 6.07 Å². The summed E-state index contributed by atoms with van der Waals surface area (Å²) in [5.74, 6) is -1.29. The van der Waals surface area contributed by atoms with E-state index in [1.54, 1.807) is 27.0 Å². The molecule has 0 bridgehead atoms. The van der Waals surface area contributed by atoms with E-state index >= 15 is 0 Å². The average molecular weight is 442 g/mol. The molecule has 0 amide bonds. The second-order valence-electron chi connectivity index (χ2n) is 6.02. The van der Waals surface area contributed by atoms with Gasteiger partial charge in [0.05, 0.1) is 17.7 Å². The summed E-state index contributed by atoms with van der Waals surface area (Å²) in [6.07, 6.45) is 1.46. The molecule has 0 fully saturated rings. The molecule has 0 N–H and O–H groups in total. The molecule has 0 aliphatic carbocycles. The molecule has 0 spiro atoms. The standard InChI is InChI=1S/C17H17ClFN5O4S/c1-5-27-16(25)13-14-20-22-23(17(26)24(14)21-15(13)29-4)11-7-12(28-8(2)3)9(18)6-10(11)19/h6-8H,5H2,1-4H3. The van der Waals surface area contributed by atoms with Crippen molar-refractivity contribution in [3.05, 3.63) is 39.0 Å². The number of benzene rings is 1. The van der Waals surface area contributed by atoms with Crippen LogP contribution in [-0.2, 0) is 4.74 Å². The number of halogens is 2. The van der Waals surface area contributed by atoms with Gasteiger partial charge in [0.1, 0.15) is 22.0 Å². The Hall–Kier alpha value is -2.66. The molecule has 0 saturated carbocycles. The Morgan fingerprint density at radius 1 is 1.38 bits per heavy atom. The van der Waals surface area contributed by atoms with Crippen LogP contribution in [0.5, 0.6) is 5.75 Å². The Morgan fingerprint density at radius 3 is 2.72 bits per heavy atom. The van der Waals surface area contributed by atoms with Gasteiger partial charge in [-0.3, -0.25) is 0 Å². The Labute approximate surface area is 173 Å². The summed E-state index contributed by atoms with van der Waals surface area (Å²) >= 11 is 7.16. The highest BCUT2D eigenvalue weighted by Gasteiger charge is 2.25. The van der Waals surface area contributed by atoms with Crippen molar-refractivity contribution in [2.45, 2.75) is 31.9 Å². The zero-order valence-electron chi connectivity index (χ0n) is 16.0. The van der Waals surface area contributed by atoms with Gasteiger partial charge < -0.3 is 9.47 Å². The summed E-state index contributed by atoms with van der Waals surface area (Å²) in [5, 5.41) is 12.1. The van der Waals surface area contributed by atoms with Crippen LogP contribution in [0.2, 0.25) is 5.02 Å². The van der Waals surface area contributed by atoms with E-state index in [2.05, 4.69) is 15.4 Å². The molecule has 9 nitrogen and oxygen atoms in total. The van der Waals surface area contributed by atoms with Crippen molar-refractivity contribution in [1.82, 2.24) is 24.6 Å². The molecule has 1 aromatic carbocycles. The highest BCUT2D eigenvalue weighted by Crippen LogP contribution is 2.30. The van der Waals surface area contributed by atoms with Crippen LogP contribution in [-0.4, -0.2) is 49.5 Å². The number of esters is 1. The largest absolute Gasteiger partial charge is 0.489 e. The normalized spacial score (nSPS) is 11.3. The van der Waals surface area contributed by atoms with Crippen molar-refractivity contribution in [3.8, 4) is 11.4 Å². The fourth-order valence-electron chi connectivity index (χ4n) is 2.53. The fourth-order valence-corrected chi connectivity index (χ4v) is 3.27. The highest BCUT2D eigenvalue weighted by atomic mass is 35.5. The molecule has 0 aliphatic rings. The van der Waals surface area contributed by atoms with Crippen LogP contribution in [0.25, 0.3) is 11.3 Å². The number of ether oxygens (including phenoxy) is 2. The molecule has 3 rings (SSSR count). The van der Waals surface area contributed by atoms with E-state index in [9.17, 15) is 14.0 Å². The van der Waals surface area contributed by atoms with Crippen LogP contribution in [0.4, 0.5) is 4.39 Å². The summed E-state index contributed by atoms with van der Waals surface area (Å²) in [6, 6.07) is 2.28. The third-order valence-electron chi connectivity index (χ3n) is 3.69. The van der Waals surface area contributed by atoms with E-state index in [0.717, 1.165) is 27.0 Å². The van der Waals surface area contributed by atoms with Gasteiger partial charge in [-0.2, -0.15) is 14.3 Å². The lowest BCUT2D eigenvalue weighted by molar-refractivity contribution is 0.0524. The number of carbonyl (C=O) groups is 1. The Kier molecular flexibility index (Phi) is 6.08. The maximum absolute atomic E-state index is 14.5. The summed E-state index contributed by atoms with van der Waals surface area (Å²) in [5.41, 5.74) is -1.10. The van der Waals surface area contributed by atoms with Crippen LogP contribution in [0.3, 0.4) is 0 Å². The molecule has 2 aromatic heterocycles. The van der Waals surface area contributed by atoms with Gasteiger partial charge in [-0.1, -0.05) is 16.8 Å². The average Bonchev–Trinajstić information content (AvgIpc) is 3.04. The Morgan fingerprint density at radius 2 is 2.10 bits per heavy atom. The van der Waals surface area contributed by atoms with Gasteiger partial charge in [-0.15, -0.1) is 16.9 Å². The number of thioether (sulfide) groups is 1. The van der Waals surface area contributed by atoms with Gasteiger partial charge in [0.2, 0.25) is 0 Å². The molecule has 29 heavy (non-hydrogen) atoms. The molecular weight excluding hydrogens is 425 g/mol. The lowest BCUT2D eigenvalue weighted by Crippen LogP contribution is -2.30. The predicted octanol–water partition coefficient (Wildman–Crippen LogP) is 2.75. The van der Waals surface area contributed by atoms with E-state index in [1.165, 1.54) is 6.07 Å². The summed E-state index contributed by atoms with van der Waals surface area (Å²) in [4.78, 5) is 25.2. The van der Waals surface area contributed by atoms with Crippen molar-refractivity contribution in [2.24, 2.45) is 0 Å². The lowest BCUT2D eigenvalue weighted by atomic mass is 10.3. The molecule has 3 aromatic rings. The summed E-state index contributed by atoms with van der Waals surface area (Å²) < 4.78 is 26.7. The molecular formula is C17H17ClFN5O4S. The first-order valence-electron chi connectivity index (χ1n) is 8.54. The Bertz CT molecular complexity index is 1150. The number of hydrogen-bond acceptors (Lipinski definition) is 8. The summed E-state index contributed by atoms with van der Waals surface area (Å²) in [6.45, 7) is 5.36. The quantitative estimate of drug-likeness (QED) is 0.425. The predicted molar refractivity (Wildman–Crippen MR) is 105 cm³/mol. The number of hydrogen-bond donors (Lipinski definition) is 0. The van der Waals surface area contributed by atoms with Crippen molar-refractivity contribution >= 4 is 35.0 Å². The van der Waals surface area contributed by atoms with Crippen LogP contribution < -0.4 is 10.4 Å². The van der Waals surface area contributed by atoms with Crippen LogP contribution in [0.1, 0.15) is 31.1 Å². The first-order valence-corrected chi connectivity index (χ1v) is 10.1. The third-order valence-corrected chi connectivity index (χ3v) is 4.65. The van der Waals surface area contributed by atoms with Gasteiger partial charge >= 0.3 is 11.7 Å². The fraction of sp³-hybridized carbons (Fsp3) is 0.353. The molecule has 154 valence electrons. The zero-order valence-corrected chi connectivity index (χ0v) is 17.5. The van der Waals surface area contributed by atoms with Crippen LogP contribution in [0, 0.1) is 5.82 Å². The minimum Gasteiger partial charge on any atom is -0.489 e. The number of carbonyl (C=O) groups excluding carboxylic acids is 1. The molecule has 0 unspecified atom stereocenters. The number of fused-ring (bicyclic) bond motifs is 1. The van der Waals surface area contributed by atoms with E-state index in [4.69, 9.17) is 21.1 Å². The van der Waals surface area contributed by atoms with Crippen molar-refractivity contribution in [2.75, 3.05) is 12.9 Å². The molecule has 0 atom stereocenters. The number of rotatable bonds is 6. The minimum absolute atomic E-state index is 0.0245. The van der Waals surface area contributed by atoms with Gasteiger partial charge in [-0.05, 0) is 33.1 Å². The van der Waals surface area contributed by atoms with Gasteiger partial charge in [0.15, 0.2) is 11.5 Å². The van der Waals surface area contributed by atoms with Crippen molar-refractivity contribution in [1.29, 1.82) is 0 Å². The molecule has 0 saturated heterocycles. The van der Waals surface area contributed by atoms with E-state index in [0.29, 0.717) is 0 Å². The monoisotopic (exact) mass is 441 g/mol. The molecule has 0 radical (unpaired) electrons. The smallest absolute Gasteiger partial charge is 0.373 e. The second-order valence-corrected chi connectivity index (χ2v) is 7.23. The van der Waals surface area contributed by atoms with E-state index < -0.39 is 17.5 Å². The number of nitrogens with zero attached hydrogens (tertiary/aromatic N) is 5. The minimum atomic E-state index is -0.822. The highest BCUT2D eigenvalue weighted by molar-refractivity contribution is 7.98. The van der Waals surface area contributed by atoms with Gasteiger partial charge in [-0.25, -0.2) is 14.0 Å². The van der Waals surface area contributed by atoms with Crippen molar-refractivity contribution in [3.63, 3.8) is 0 Å². The van der Waals surface area contributed by atoms with E-state index in [1.807, 2.05) is 0 Å². The molecule has 2 heterocycles. The number of aromatic nitrogens is 5. The lowest BCUT2D eigenvalue weighted by Gasteiger charge is -2.13. The first-order chi connectivity index (χ1) is 13.8.